The second-order valence-corrected chi connectivity index (χ2v) is 7.95. The first-order valence-corrected chi connectivity index (χ1v) is 10.4. The highest BCUT2D eigenvalue weighted by Crippen LogP contribution is 2.26. The van der Waals surface area contributed by atoms with Gasteiger partial charge in [0, 0.05) is 30.7 Å². The van der Waals surface area contributed by atoms with E-state index in [9.17, 15) is 4.79 Å². The van der Waals surface area contributed by atoms with Crippen LogP contribution in [-0.2, 0) is 17.7 Å². The van der Waals surface area contributed by atoms with Crippen LogP contribution < -0.4 is 4.90 Å². The average Bonchev–Trinajstić information content (AvgIpc) is 2.74. The summed E-state index contributed by atoms with van der Waals surface area (Å²) in [6.45, 7) is 6.38. The van der Waals surface area contributed by atoms with Crippen LogP contribution in [0.4, 0.5) is 5.95 Å². The smallest absolute Gasteiger partial charge is 0.255 e. The SMILES string of the molecule is CCSc1ccccc1C(=O)N1CCc2cnc(N3CCOCC3)nc2C1. The molecule has 1 amide bonds. The number of thioether (sulfide) groups is 1. The molecule has 0 radical (unpaired) electrons. The molecule has 1 aromatic carbocycles. The number of nitrogens with zero attached hydrogens (tertiary/aromatic N) is 4. The second-order valence-electron chi connectivity index (χ2n) is 6.65. The number of carbonyl (C=O) groups is 1. The van der Waals surface area contributed by atoms with Crippen molar-refractivity contribution in [1.82, 2.24) is 14.9 Å². The van der Waals surface area contributed by atoms with Crippen LogP contribution in [0.3, 0.4) is 0 Å². The highest BCUT2D eigenvalue weighted by molar-refractivity contribution is 7.99. The topological polar surface area (TPSA) is 58.6 Å². The monoisotopic (exact) mass is 384 g/mol. The molecule has 2 aromatic rings. The molecule has 142 valence electrons. The summed E-state index contributed by atoms with van der Waals surface area (Å²) in [6, 6.07) is 7.87. The van der Waals surface area contributed by atoms with Gasteiger partial charge in [-0.3, -0.25) is 4.79 Å². The van der Waals surface area contributed by atoms with E-state index in [0.717, 1.165) is 52.9 Å². The number of carbonyl (C=O) groups excluding carboxylic acids is 1. The largest absolute Gasteiger partial charge is 0.378 e. The van der Waals surface area contributed by atoms with E-state index in [2.05, 4.69) is 16.8 Å². The van der Waals surface area contributed by atoms with Crippen molar-refractivity contribution in [1.29, 1.82) is 0 Å². The number of ether oxygens (including phenoxy) is 1. The van der Waals surface area contributed by atoms with Crippen molar-refractivity contribution < 1.29 is 9.53 Å². The Morgan fingerprint density at radius 1 is 1.22 bits per heavy atom. The first kappa shape index (κ1) is 18.3. The minimum atomic E-state index is 0.0868. The lowest BCUT2D eigenvalue weighted by molar-refractivity contribution is 0.0728. The van der Waals surface area contributed by atoms with E-state index >= 15 is 0 Å². The van der Waals surface area contributed by atoms with E-state index < -0.39 is 0 Å². The van der Waals surface area contributed by atoms with Crippen molar-refractivity contribution in [3.63, 3.8) is 0 Å². The number of hydrogen-bond donors (Lipinski definition) is 0. The van der Waals surface area contributed by atoms with Crippen molar-refractivity contribution in [2.45, 2.75) is 24.8 Å². The van der Waals surface area contributed by atoms with Crippen LogP contribution in [0, 0.1) is 0 Å². The number of anilines is 1. The maximum absolute atomic E-state index is 13.1. The van der Waals surface area contributed by atoms with E-state index in [-0.39, 0.29) is 5.91 Å². The van der Waals surface area contributed by atoms with Crippen molar-refractivity contribution in [2.24, 2.45) is 0 Å². The molecule has 2 aliphatic heterocycles. The van der Waals surface area contributed by atoms with Gasteiger partial charge in [-0.1, -0.05) is 19.1 Å². The van der Waals surface area contributed by atoms with Gasteiger partial charge in [0.1, 0.15) is 0 Å². The predicted octanol–water partition coefficient (Wildman–Crippen LogP) is 2.62. The molecule has 0 unspecified atom stereocenters. The third-order valence-corrected chi connectivity index (χ3v) is 5.89. The summed E-state index contributed by atoms with van der Waals surface area (Å²) >= 11 is 1.71. The minimum Gasteiger partial charge on any atom is -0.378 e. The molecule has 27 heavy (non-hydrogen) atoms. The molecule has 3 heterocycles. The molecule has 4 rings (SSSR count). The van der Waals surface area contributed by atoms with Gasteiger partial charge in [-0.05, 0) is 29.9 Å². The number of hydrogen-bond acceptors (Lipinski definition) is 6. The quantitative estimate of drug-likeness (QED) is 0.756. The van der Waals surface area contributed by atoms with Gasteiger partial charge in [0.2, 0.25) is 5.95 Å². The number of fused-ring (bicyclic) bond motifs is 1. The van der Waals surface area contributed by atoms with Gasteiger partial charge < -0.3 is 14.5 Å². The van der Waals surface area contributed by atoms with Crippen LogP contribution in [0.5, 0.6) is 0 Å². The molecular weight excluding hydrogens is 360 g/mol. The Kier molecular flexibility index (Phi) is 5.59. The Bertz CT molecular complexity index is 823. The first-order chi connectivity index (χ1) is 13.3. The highest BCUT2D eigenvalue weighted by atomic mass is 32.2. The standard InChI is InChI=1S/C20H24N4O2S/c1-2-27-18-6-4-3-5-16(18)19(25)24-8-7-15-13-21-20(22-17(15)14-24)23-9-11-26-12-10-23/h3-6,13H,2,7-12,14H2,1H3. The maximum Gasteiger partial charge on any atom is 0.255 e. The molecule has 7 heteroatoms. The fraction of sp³-hybridized carbons (Fsp3) is 0.450. The Labute approximate surface area is 163 Å². The number of morpholine rings is 1. The molecule has 0 N–H and O–H groups in total. The van der Waals surface area contributed by atoms with Gasteiger partial charge in [0.25, 0.3) is 5.91 Å². The van der Waals surface area contributed by atoms with Crippen molar-refractivity contribution in [3.05, 3.63) is 47.3 Å². The van der Waals surface area contributed by atoms with E-state index in [1.54, 1.807) is 11.8 Å². The van der Waals surface area contributed by atoms with Crippen molar-refractivity contribution in [3.8, 4) is 0 Å². The number of aromatic nitrogens is 2. The van der Waals surface area contributed by atoms with Crippen molar-refractivity contribution in [2.75, 3.05) is 43.5 Å². The molecule has 1 fully saturated rings. The highest BCUT2D eigenvalue weighted by Gasteiger charge is 2.26. The molecule has 0 spiro atoms. The first-order valence-electron chi connectivity index (χ1n) is 9.45. The Morgan fingerprint density at radius 2 is 2.04 bits per heavy atom. The summed E-state index contributed by atoms with van der Waals surface area (Å²) in [7, 11) is 0. The van der Waals surface area contributed by atoms with Crippen LogP contribution in [-0.4, -0.2) is 59.4 Å². The van der Waals surface area contributed by atoms with Crippen LogP contribution >= 0.6 is 11.8 Å². The Balaban J connectivity index is 1.54. The molecule has 0 bridgehead atoms. The second kappa shape index (κ2) is 8.27. The van der Waals surface area contributed by atoms with Gasteiger partial charge in [-0.25, -0.2) is 9.97 Å². The van der Waals surface area contributed by atoms with Gasteiger partial charge in [-0.15, -0.1) is 11.8 Å². The van der Waals surface area contributed by atoms with E-state index in [1.807, 2.05) is 35.4 Å². The van der Waals surface area contributed by atoms with Crippen LogP contribution in [0.2, 0.25) is 0 Å². The lowest BCUT2D eigenvalue weighted by Gasteiger charge is -2.31. The summed E-state index contributed by atoms with van der Waals surface area (Å²) in [5.74, 6) is 1.78. The predicted molar refractivity (Wildman–Crippen MR) is 106 cm³/mol. The molecular formula is C20H24N4O2S. The zero-order valence-corrected chi connectivity index (χ0v) is 16.4. The van der Waals surface area contributed by atoms with E-state index in [0.29, 0.717) is 26.3 Å². The zero-order chi connectivity index (χ0) is 18.6. The van der Waals surface area contributed by atoms with Gasteiger partial charge >= 0.3 is 0 Å². The van der Waals surface area contributed by atoms with E-state index in [4.69, 9.17) is 9.72 Å². The third-order valence-electron chi connectivity index (χ3n) is 4.93. The summed E-state index contributed by atoms with van der Waals surface area (Å²) in [4.78, 5) is 27.6. The minimum absolute atomic E-state index is 0.0868. The number of benzene rings is 1. The van der Waals surface area contributed by atoms with E-state index in [1.165, 1.54) is 0 Å². The summed E-state index contributed by atoms with van der Waals surface area (Å²) < 4.78 is 5.41. The Morgan fingerprint density at radius 3 is 2.85 bits per heavy atom. The fourth-order valence-corrected chi connectivity index (χ4v) is 4.27. The molecule has 1 aromatic heterocycles. The molecule has 0 aliphatic carbocycles. The summed E-state index contributed by atoms with van der Waals surface area (Å²) in [6.07, 6.45) is 2.73. The number of rotatable bonds is 4. The summed E-state index contributed by atoms with van der Waals surface area (Å²) in [5, 5.41) is 0. The Hall–Kier alpha value is -2.12. The van der Waals surface area contributed by atoms with Crippen molar-refractivity contribution >= 4 is 23.6 Å². The molecule has 0 atom stereocenters. The average molecular weight is 385 g/mol. The summed E-state index contributed by atoms with van der Waals surface area (Å²) in [5.41, 5.74) is 2.90. The molecule has 0 saturated carbocycles. The lowest BCUT2D eigenvalue weighted by atomic mass is 10.1. The third kappa shape index (κ3) is 3.94. The van der Waals surface area contributed by atoms with Crippen LogP contribution in [0.1, 0.15) is 28.5 Å². The normalized spacial score (nSPS) is 16.9. The maximum atomic E-state index is 13.1. The van der Waals surface area contributed by atoms with Gasteiger partial charge in [0.15, 0.2) is 0 Å². The number of amides is 1. The molecule has 1 saturated heterocycles. The fourth-order valence-electron chi connectivity index (χ4n) is 3.48. The van der Waals surface area contributed by atoms with Crippen LogP contribution in [0.25, 0.3) is 0 Å². The zero-order valence-electron chi connectivity index (χ0n) is 15.6. The van der Waals surface area contributed by atoms with Crippen LogP contribution in [0.15, 0.2) is 35.4 Å². The van der Waals surface area contributed by atoms with Gasteiger partial charge in [0.05, 0.1) is 31.0 Å². The van der Waals surface area contributed by atoms with Gasteiger partial charge in [-0.2, -0.15) is 0 Å². The molecule has 6 nitrogen and oxygen atoms in total. The lowest BCUT2D eigenvalue weighted by Crippen LogP contribution is -2.39. The molecule has 2 aliphatic rings.